The molecule has 1 heterocycles. The maximum Gasteiger partial charge on any atom is 0.293 e. The SMILES string of the molecule is C[Si](C)(C)C#Cc1nnco1. The lowest BCUT2D eigenvalue weighted by Gasteiger charge is -2.01. The lowest BCUT2D eigenvalue weighted by molar-refractivity contribution is 0.540. The van der Waals surface area contributed by atoms with Crippen molar-refractivity contribution in [2.75, 3.05) is 0 Å². The minimum absolute atomic E-state index is 0.410. The van der Waals surface area contributed by atoms with Crippen LogP contribution in [0.15, 0.2) is 10.8 Å². The second-order valence-electron chi connectivity index (χ2n) is 3.24. The van der Waals surface area contributed by atoms with Crippen LogP contribution < -0.4 is 0 Å². The minimum Gasteiger partial charge on any atom is -0.417 e. The van der Waals surface area contributed by atoms with E-state index < -0.39 is 8.07 Å². The highest BCUT2D eigenvalue weighted by Crippen LogP contribution is 1.97. The predicted molar refractivity (Wildman–Crippen MR) is 44.5 cm³/mol. The highest BCUT2D eigenvalue weighted by Gasteiger charge is 2.07. The second-order valence-corrected chi connectivity index (χ2v) is 7.99. The van der Waals surface area contributed by atoms with Gasteiger partial charge in [-0.3, -0.25) is 0 Å². The average molecular weight is 166 g/mol. The first-order chi connectivity index (χ1) is 5.08. The van der Waals surface area contributed by atoms with Crippen LogP contribution in [0.5, 0.6) is 0 Å². The monoisotopic (exact) mass is 166 g/mol. The normalized spacial score (nSPS) is 10.5. The van der Waals surface area contributed by atoms with Crippen LogP contribution in [-0.2, 0) is 0 Å². The van der Waals surface area contributed by atoms with E-state index in [4.69, 9.17) is 4.42 Å². The molecule has 3 nitrogen and oxygen atoms in total. The summed E-state index contributed by atoms with van der Waals surface area (Å²) >= 11 is 0. The Hall–Kier alpha value is -1.08. The molecule has 11 heavy (non-hydrogen) atoms. The molecule has 0 spiro atoms. The zero-order chi connectivity index (χ0) is 8.32. The topological polar surface area (TPSA) is 38.9 Å². The number of hydrogen-bond acceptors (Lipinski definition) is 3. The highest BCUT2D eigenvalue weighted by molar-refractivity contribution is 6.83. The van der Waals surface area contributed by atoms with E-state index in [1.165, 1.54) is 6.39 Å². The summed E-state index contributed by atoms with van der Waals surface area (Å²) in [6.07, 6.45) is 1.29. The molecule has 0 aromatic carbocycles. The summed E-state index contributed by atoms with van der Waals surface area (Å²) in [4.78, 5) is 0. The number of nitrogens with zero attached hydrogens (tertiary/aromatic N) is 2. The molecule has 0 saturated heterocycles. The fraction of sp³-hybridized carbons (Fsp3) is 0.429. The van der Waals surface area contributed by atoms with Crippen molar-refractivity contribution in [2.45, 2.75) is 19.6 Å². The minimum atomic E-state index is -1.30. The summed E-state index contributed by atoms with van der Waals surface area (Å²) in [5.41, 5.74) is 3.12. The molecule has 0 amide bonds. The van der Waals surface area contributed by atoms with Gasteiger partial charge < -0.3 is 4.42 Å². The van der Waals surface area contributed by atoms with Crippen molar-refractivity contribution in [3.63, 3.8) is 0 Å². The van der Waals surface area contributed by atoms with Gasteiger partial charge in [-0.05, 0) is 5.92 Å². The van der Waals surface area contributed by atoms with Gasteiger partial charge in [0.1, 0.15) is 8.07 Å². The van der Waals surface area contributed by atoms with Gasteiger partial charge in [0.15, 0.2) is 0 Å². The van der Waals surface area contributed by atoms with E-state index >= 15 is 0 Å². The molecule has 0 atom stereocenters. The van der Waals surface area contributed by atoms with Gasteiger partial charge in [-0.1, -0.05) is 24.7 Å². The Morgan fingerprint density at radius 3 is 2.64 bits per heavy atom. The van der Waals surface area contributed by atoms with Gasteiger partial charge in [-0.2, -0.15) is 0 Å². The molecule has 1 aromatic heterocycles. The van der Waals surface area contributed by atoms with Crippen molar-refractivity contribution in [3.8, 4) is 11.5 Å². The summed E-state index contributed by atoms with van der Waals surface area (Å²) in [7, 11) is -1.30. The first-order valence-electron chi connectivity index (χ1n) is 3.37. The summed E-state index contributed by atoms with van der Waals surface area (Å²) < 4.78 is 4.86. The standard InChI is InChI=1S/C7H10N2OSi/c1-11(2,3)5-4-7-9-8-6-10-7/h6H,1-3H3. The molecule has 0 aliphatic rings. The molecule has 0 aliphatic carbocycles. The molecule has 0 unspecified atom stereocenters. The van der Waals surface area contributed by atoms with E-state index in [1.54, 1.807) is 0 Å². The van der Waals surface area contributed by atoms with Crippen LogP contribution in [0.1, 0.15) is 5.89 Å². The Kier molecular flexibility index (Phi) is 2.10. The Morgan fingerprint density at radius 1 is 1.45 bits per heavy atom. The zero-order valence-corrected chi connectivity index (χ0v) is 7.88. The zero-order valence-electron chi connectivity index (χ0n) is 6.88. The van der Waals surface area contributed by atoms with Crippen molar-refractivity contribution < 1.29 is 4.42 Å². The molecular formula is C7H10N2OSi. The van der Waals surface area contributed by atoms with E-state index in [2.05, 4.69) is 41.3 Å². The van der Waals surface area contributed by atoms with Gasteiger partial charge in [0.05, 0.1) is 0 Å². The van der Waals surface area contributed by atoms with Crippen LogP contribution in [-0.4, -0.2) is 18.3 Å². The summed E-state index contributed by atoms with van der Waals surface area (Å²) in [5.74, 6) is 3.25. The fourth-order valence-corrected chi connectivity index (χ4v) is 0.950. The summed E-state index contributed by atoms with van der Waals surface area (Å²) in [5, 5.41) is 7.17. The molecule has 0 radical (unpaired) electrons. The Balaban J connectivity index is 2.74. The molecule has 4 heteroatoms. The van der Waals surface area contributed by atoms with E-state index in [0.29, 0.717) is 5.89 Å². The quantitative estimate of drug-likeness (QED) is 0.431. The van der Waals surface area contributed by atoms with Crippen LogP contribution in [0.2, 0.25) is 19.6 Å². The second kappa shape index (κ2) is 2.89. The van der Waals surface area contributed by atoms with Gasteiger partial charge in [0.2, 0.25) is 6.39 Å². The molecule has 0 fully saturated rings. The van der Waals surface area contributed by atoms with Gasteiger partial charge >= 0.3 is 0 Å². The third kappa shape index (κ3) is 3.00. The summed E-state index contributed by atoms with van der Waals surface area (Å²) in [6, 6.07) is 0. The van der Waals surface area contributed by atoms with Gasteiger partial charge in [0.25, 0.3) is 5.89 Å². The molecule has 1 aromatic rings. The molecule has 58 valence electrons. The van der Waals surface area contributed by atoms with E-state index in [-0.39, 0.29) is 0 Å². The Morgan fingerprint density at radius 2 is 2.18 bits per heavy atom. The van der Waals surface area contributed by atoms with Crippen molar-refractivity contribution >= 4 is 8.07 Å². The van der Waals surface area contributed by atoms with Crippen LogP contribution in [0.4, 0.5) is 0 Å². The number of hydrogen-bond donors (Lipinski definition) is 0. The predicted octanol–water partition coefficient (Wildman–Crippen LogP) is 1.30. The van der Waals surface area contributed by atoms with Crippen molar-refractivity contribution in [2.24, 2.45) is 0 Å². The van der Waals surface area contributed by atoms with E-state index in [1.807, 2.05) is 0 Å². The lowest BCUT2D eigenvalue weighted by atomic mass is 10.7. The molecular weight excluding hydrogens is 156 g/mol. The first-order valence-corrected chi connectivity index (χ1v) is 6.87. The van der Waals surface area contributed by atoms with Crippen LogP contribution >= 0.6 is 0 Å². The highest BCUT2D eigenvalue weighted by atomic mass is 28.3. The fourth-order valence-electron chi connectivity index (χ4n) is 0.469. The van der Waals surface area contributed by atoms with Crippen LogP contribution in [0, 0.1) is 11.5 Å². The number of aromatic nitrogens is 2. The first kappa shape index (κ1) is 8.02. The van der Waals surface area contributed by atoms with E-state index in [9.17, 15) is 0 Å². The Labute approximate surface area is 66.8 Å². The van der Waals surface area contributed by atoms with Crippen molar-refractivity contribution in [3.05, 3.63) is 12.3 Å². The van der Waals surface area contributed by atoms with E-state index in [0.717, 1.165) is 0 Å². The van der Waals surface area contributed by atoms with Gasteiger partial charge in [0, 0.05) is 0 Å². The maximum atomic E-state index is 4.86. The molecule has 0 N–H and O–H groups in total. The largest absolute Gasteiger partial charge is 0.417 e. The van der Waals surface area contributed by atoms with Crippen molar-refractivity contribution in [1.29, 1.82) is 0 Å². The lowest BCUT2D eigenvalue weighted by Crippen LogP contribution is -2.16. The average Bonchev–Trinajstić information content (AvgIpc) is 2.32. The molecule has 0 saturated carbocycles. The summed E-state index contributed by atoms with van der Waals surface area (Å²) in [6.45, 7) is 6.49. The van der Waals surface area contributed by atoms with Gasteiger partial charge in [-0.15, -0.1) is 10.6 Å². The third-order valence-electron chi connectivity index (χ3n) is 0.904. The van der Waals surface area contributed by atoms with Crippen LogP contribution in [0.3, 0.4) is 0 Å². The van der Waals surface area contributed by atoms with Gasteiger partial charge in [-0.25, -0.2) is 0 Å². The molecule has 0 bridgehead atoms. The number of rotatable bonds is 0. The maximum absolute atomic E-state index is 4.86. The molecule has 1 rings (SSSR count). The van der Waals surface area contributed by atoms with Crippen LogP contribution in [0.25, 0.3) is 0 Å². The van der Waals surface area contributed by atoms with Crippen molar-refractivity contribution in [1.82, 2.24) is 10.2 Å². The Bertz CT molecular complexity index is 276. The smallest absolute Gasteiger partial charge is 0.293 e. The third-order valence-corrected chi connectivity index (χ3v) is 1.78. The molecule has 0 aliphatic heterocycles.